The van der Waals surface area contributed by atoms with Gasteiger partial charge in [0.2, 0.25) is 11.8 Å². The number of nitrogens with zero attached hydrogens (tertiary/aromatic N) is 2. The molecule has 0 saturated carbocycles. The average molecular weight is 536 g/mol. The lowest BCUT2D eigenvalue weighted by molar-refractivity contribution is -0.137. The molecule has 1 aliphatic heterocycles. The van der Waals surface area contributed by atoms with E-state index in [-0.39, 0.29) is 23.7 Å². The van der Waals surface area contributed by atoms with Crippen molar-refractivity contribution in [2.24, 2.45) is 4.99 Å². The van der Waals surface area contributed by atoms with Gasteiger partial charge in [0.05, 0.1) is 28.5 Å². The Morgan fingerprint density at radius 3 is 2.42 bits per heavy atom. The molecule has 1 aliphatic rings. The summed E-state index contributed by atoms with van der Waals surface area (Å²) in [6.07, 6.45) is -4.92. The Morgan fingerprint density at radius 2 is 1.75 bits per heavy atom. The Hall–Kier alpha value is -3.37. The summed E-state index contributed by atoms with van der Waals surface area (Å²) in [4.78, 5) is 31.8. The van der Waals surface area contributed by atoms with Crippen LogP contribution in [0.15, 0.2) is 77.8 Å². The van der Waals surface area contributed by atoms with Crippen LogP contribution in [0.5, 0.6) is 0 Å². The Labute approximate surface area is 213 Å². The zero-order chi connectivity index (χ0) is 25.9. The van der Waals surface area contributed by atoms with E-state index in [1.165, 1.54) is 17.0 Å². The number of carbonyl (C=O) groups is 2. The van der Waals surface area contributed by atoms with Crippen molar-refractivity contribution in [2.45, 2.75) is 24.4 Å². The summed E-state index contributed by atoms with van der Waals surface area (Å²) in [5, 5.41) is 1.79. The van der Waals surface area contributed by atoms with E-state index in [1.807, 2.05) is 6.07 Å². The van der Waals surface area contributed by atoms with E-state index in [2.05, 4.69) is 10.3 Å². The second kappa shape index (κ2) is 10.7. The average Bonchev–Trinajstić information content (AvgIpc) is 3.10. The Bertz CT molecular complexity index is 1300. The summed E-state index contributed by atoms with van der Waals surface area (Å²) in [5.41, 5.74) is 0.0919. The minimum Gasteiger partial charge on any atom is -0.325 e. The Balaban J connectivity index is 1.54. The minimum atomic E-state index is -4.61. The van der Waals surface area contributed by atoms with Gasteiger partial charge in [-0.2, -0.15) is 13.2 Å². The van der Waals surface area contributed by atoms with Gasteiger partial charge in [0, 0.05) is 6.42 Å². The second-order valence-corrected chi connectivity index (χ2v) is 9.41. The molecule has 36 heavy (non-hydrogen) atoms. The first-order valence-electron chi connectivity index (χ1n) is 10.6. The van der Waals surface area contributed by atoms with Crippen molar-refractivity contribution in [1.29, 1.82) is 0 Å². The van der Waals surface area contributed by atoms with E-state index in [0.29, 0.717) is 16.4 Å². The molecule has 0 spiro atoms. The zero-order valence-electron chi connectivity index (χ0n) is 18.4. The molecule has 2 amide bonds. The number of alkyl halides is 3. The molecule has 5 nitrogen and oxygen atoms in total. The van der Waals surface area contributed by atoms with Crippen LogP contribution in [0.4, 0.5) is 28.9 Å². The number of rotatable bonds is 6. The van der Waals surface area contributed by atoms with Gasteiger partial charge in [-0.3, -0.25) is 14.5 Å². The summed E-state index contributed by atoms with van der Waals surface area (Å²) in [5.74, 6) is -1.49. The standard InChI is InChI=1S/C25H18ClF4N3O2S/c26-19-11-8-16(25(28,29)30)12-20(19)32-22(34)13-21-23(35)33(14-15-6-9-17(27)10-7-15)24(36-21)31-18-4-2-1-3-5-18/h1-12,21H,13-14H2,(H,32,34)/t21-/m0/s1. The van der Waals surface area contributed by atoms with Crippen molar-refractivity contribution in [3.8, 4) is 0 Å². The summed E-state index contributed by atoms with van der Waals surface area (Å²) >= 11 is 7.04. The number of nitrogens with one attached hydrogen (secondary N) is 1. The maximum atomic E-state index is 13.3. The fourth-order valence-corrected chi connectivity index (χ4v) is 4.74. The monoisotopic (exact) mass is 535 g/mol. The first-order chi connectivity index (χ1) is 17.1. The molecule has 0 radical (unpaired) electrons. The van der Waals surface area contributed by atoms with E-state index in [9.17, 15) is 27.2 Å². The van der Waals surface area contributed by atoms with E-state index in [0.717, 1.165) is 30.0 Å². The van der Waals surface area contributed by atoms with E-state index in [1.54, 1.807) is 36.4 Å². The lowest BCUT2D eigenvalue weighted by atomic mass is 10.1. The van der Waals surface area contributed by atoms with Gasteiger partial charge in [0.15, 0.2) is 5.17 Å². The lowest BCUT2D eigenvalue weighted by Crippen LogP contribution is -2.33. The van der Waals surface area contributed by atoms with Gasteiger partial charge in [-0.1, -0.05) is 53.7 Å². The molecule has 0 aliphatic carbocycles. The predicted molar refractivity (Wildman–Crippen MR) is 132 cm³/mol. The number of hydrogen-bond donors (Lipinski definition) is 1. The number of amides is 2. The number of amidine groups is 1. The summed E-state index contributed by atoms with van der Waals surface area (Å²) in [6, 6.07) is 17.1. The molecule has 3 aromatic rings. The molecule has 1 fully saturated rings. The molecule has 4 rings (SSSR count). The molecule has 1 saturated heterocycles. The van der Waals surface area contributed by atoms with Crippen molar-refractivity contribution in [3.05, 3.63) is 94.8 Å². The molecule has 0 unspecified atom stereocenters. The lowest BCUT2D eigenvalue weighted by Gasteiger charge is -2.17. The molecule has 186 valence electrons. The summed E-state index contributed by atoms with van der Waals surface area (Å²) in [7, 11) is 0. The normalized spacial score (nSPS) is 17.0. The van der Waals surface area contributed by atoms with Gasteiger partial charge in [0.25, 0.3) is 0 Å². The van der Waals surface area contributed by atoms with Gasteiger partial charge < -0.3 is 5.32 Å². The third-order valence-corrected chi connectivity index (χ3v) is 6.70. The highest BCUT2D eigenvalue weighted by Crippen LogP contribution is 2.35. The maximum absolute atomic E-state index is 13.3. The molecule has 0 aromatic heterocycles. The number of aliphatic imine (C=N–C) groups is 1. The highest BCUT2D eigenvalue weighted by Gasteiger charge is 2.39. The van der Waals surface area contributed by atoms with Gasteiger partial charge in [0.1, 0.15) is 11.1 Å². The molecule has 1 N–H and O–H groups in total. The molecule has 3 aromatic carbocycles. The Kier molecular flexibility index (Phi) is 7.65. The van der Waals surface area contributed by atoms with Crippen LogP contribution < -0.4 is 5.32 Å². The second-order valence-electron chi connectivity index (χ2n) is 7.83. The SMILES string of the molecule is O=C(C[C@@H]1SC(=Nc2ccccc2)N(Cc2ccc(F)cc2)C1=O)Nc1cc(C(F)(F)F)ccc1Cl. The van der Waals surface area contributed by atoms with Crippen molar-refractivity contribution in [2.75, 3.05) is 5.32 Å². The van der Waals surface area contributed by atoms with E-state index in [4.69, 9.17) is 11.6 Å². The maximum Gasteiger partial charge on any atom is 0.416 e. The van der Waals surface area contributed by atoms with E-state index < -0.39 is 34.6 Å². The first-order valence-corrected chi connectivity index (χ1v) is 11.9. The van der Waals surface area contributed by atoms with Gasteiger partial charge in [-0.15, -0.1) is 0 Å². The molecular weight excluding hydrogens is 518 g/mol. The molecule has 1 atom stereocenters. The zero-order valence-corrected chi connectivity index (χ0v) is 20.0. The number of para-hydroxylation sites is 1. The van der Waals surface area contributed by atoms with Crippen molar-refractivity contribution >= 4 is 51.7 Å². The number of anilines is 1. The third kappa shape index (κ3) is 6.24. The topological polar surface area (TPSA) is 61.8 Å². The van der Waals surface area contributed by atoms with Crippen molar-refractivity contribution in [1.82, 2.24) is 4.90 Å². The van der Waals surface area contributed by atoms with Crippen LogP contribution in [0.2, 0.25) is 5.02 Å². The largest absolute Gasteiger partial charge is 0.416 e. The van der Waals surface area contributed by atoms with Crippen molar-refractivity contribution < 1.29 is 27.2 Å². The minimum absolute atomic E-state index is 0.0639. The highest BCUT2D eigenvalue weighted by molar-refractivity contribution is 8.15. The van der Waals surface area contributed by atoms with Crippen molar-refractivity contribution in [3.63, 3.8) is 0 Å². The van der Waals surface area contributed by atoms with E-state index >= 15 is 0 Å². The first kappa shape index (κ1) is 25.7. The smallest absolute Gasteiger partial charge is 0.325 e. The van der Waals surface area contributed by atoms with Gasteiger partial charge in [-0.25, -0.2) is 9.38 Å². The quantitative estimate of drug-likeness (QED) is 0.359. The van der Waals surface area contributed by atoms with Crippen LogP contribution in [0, 0.1) is 5.82 Å². The highest BCUT2D eigenvalue weighted by atomic mass is 35.5. The van der Waals surface area contributed by atoms with Crippen LogP contribution >= 0.6 is 23.4 Å². The molecule has 1 heterocycles. The van der Waals surface area contributed by atoms with Crippen LogP contribution in [-0.2, 0) is 22.3 Å². The summed E-state index contributed by atoms with van der Waals surface area (Å²) < 4.78 is 52.4. The van der Waals surface area contributed by atoms with Crippen LogP contribution in [0.3, 0.4) is 0 Å². The number of halogens is 5. The third-order valence-electron chi connectivity index (χ3n) is 5.19. The van der Waals surface area contributed by atoms with Crippen LogP contribution in [0.1, 0.15) is 17.5 Å². The van der Waals surface area contributed by atoms with Crippen LogP contribution in [-0.4, -0.2) is 27.1 Å². The number of thioether (sulfide) groups is 1. The Morgan fingerprint density at radius 1 is 1.06 bits per heavy atom. The summed E-state index contributed by atoms with van der Waals surface area (Å²) in [6.45, 7) is 0.107. The molecule has 11 heteroatoms. The molecular formula is C25H18ClF4N3O2S. The predicted octanol–water partition coefficient (Wildman–Crippen LogP) is 6.66. The number of benzene rings is 3. The van der Waals surface area contributed by atoms with Gasteiger partial charge in [-0.05, 0) is 48.0 Å². The van der Waals surface area contributed by atoms with Crippen LogP contribution in [0.25, 0.3) is 0 Å². The van der Waals surface area contributed by atoms with Gasteiger partial charge >= 0.3 is 6.18 Å². The fraction of sp³-hybridized carbons (Fsp3) is 0.160. The number of hydrogen-bond acceptors (Lipinski definition) is 4. The number of carbonyl (C=O) groups excluding carboxylic acids is 2. The molecule has 0 bridgehead atoms. The fourth-order valence-electron chi connectivity index (χ4n) is 3.42.